The third-order valence-electron chi connectivity index (χ3n) is 8.95. The first-order valence-corrected chi connectivity index (χ1v) is 19.4. The summed E-state index contributed by atoms with van der Waals surface area (Å²) in [6.45, 7) is 9.76. The van der Waals surface area contributed by atoms with E-state index in [2.05, 4.69) is 16.0 Å². The summed E-state index contributed by atoms with van der Waals surface area (Å²) in [5.74, 6) is -0.407. The Morgan fingerprint density at radius 1 is 0.943 bits per heavy atom. The largest absolute Gasteiger partial charge is 2.00 e. The normalized spacial score (nSPS) is 16.3. The summed E-state index contributed by atoms with van der Waals surface area (Å²) in [5, 5.41) is 9.00. The number of amides is 4. The van der Waals surface area contributed by atoms with Crippen LogP contribution in [0.25, 0.3) is 0 Å². The third-order valence-corrected chi connectivity index (χ3v) is 10.1. The molecule has 4 N–H and O–H groups in total. The van der Waals surface area contributed by atoms with Gasteiger partial charge in [-0.3, -0.25) is 18.6 Å². The maximum atomic E-state index is 14.1. The molecular formula is C39H55CaN4O8P. The average molecular weight is 779 g/mol. The zero-order valence-electron chi connectivity index (χ0n) is 33.5. The van der Waals surface area contributed by atoms with Crippen molar-refractivity contribution >= 4 is 63.4 Å². The number of carbonyl (C=O) groups is 3. The van der Waals surface area contributed by atoms with Gasteiger partial charge in [0.25, 0.3) is 5.91 Å². The Bertz CT molecular complexity index is 1660. The number of hydrogen-bond donors (Lipinski definition) is 4. The zero-order chi connectivity index (χ0) is 37.7. The molecule has 4 amide bonds. The fourth-order valence-corrected chi connectivity index (χ4v) is 7.54. The summed E-state index contributed by atoms with van der Waals surface area (Å²) < 4.78 is 30.3. The molecule has 1 aliphatic rings. The minimum atomic E-state index is -4.62. The van der Waals surface area contributed by atoms with Crippen LogP contribution in [-0.2, 0) is 36.0 Å². The topological polar surface area (TPSA) is 156 Å². The molecule has 0 bridgehead atoms. The van der Waals surface area contributed by atoms with E-state index >= 15 is 0 Å². The monoisotopic (exact) mass is 778 g/mol. The van der Waals surface area contributed by atoms with Gasteiger partial charge in [0.15, 0.2) is 6.61 Å². The van der Waals surface area contributed by atoms with Crippen LogP contribution in [-0.4, -0.2) is 116 Å². The molecule has 14 heteroatoms. The van der Waals surface area contributed by atoms with Gasteiger partial charge in [-0.25, -0.2) is 9.36 Å². The number of phosphoric ester groups is 1. The van der Waals surface area contributed by atoms with Gasteiger partial charge < -0.3 is 33.3 Å². The Balaban J connectivity index is 0.00000504. The van der Waals surface area contributed by atoms with Gasteiger partial charge in [-0.2, -0.15) is 0 Å². The van der Waals surface area contributed by atoms with Crippen LogP contribution in [0.5, 0.6) is 5.75 Å². The maximum Gasteiger partial charge on any atom is 2.00 e. The van der Waals surface area contributed by atoms with Crippen molar-refractivity contribution in [3.8, 4) is 5.75 Å². The van der Waals surface area contributed by atoms with Crippen LogP contribution < -0.4 is 20.7 Å². The van der Waals surface area contributed by atoms with Crippen molar-refractivity contribution in [3.05, 3.63) is 101 Å². The molecule has 1 heterocycles. The predicted octanol–water partition coefficient (Wildman–Crippen LogP) is 5.33. The van der Waals surface area contributed by atoms with E-state index in [1.807, 2.05) is 107 Å². The summed E-state index contributed by atoms with van der Waals surface area (Å²) in [7, 11) is -4.62. The van der Waals surface area contributed by atoms with Crippen molar-refractivity contribution in [2.45, 2.75) is 84.5 Å². The second-order valence-corrected chi connectivity index (χ2v) is 14.9. The predicted molar refractivity (Wildman–Crippen MR) is 208 cm³/mol. The van der Waals surface area contributed by atoms with Crippen LogP contribution in [0.2, 0.25) is 0 Å². The van der Waals surface area contributed by atoms with E-state index in [-0.39, 0.29) is 84.5 Å². The minimum Gasteiger partial charge on any atom is -1.00 e. The SMILES string of the molecule is CCOP(=O)(O)O[C@@H](C[C@@H](Cc1ccccc1)NC(=O)[C@H](C(C)C)N1CCCNC1=O)[C@H](Cc1ccccc1)NC(=O)COc1c(C)cccc1C.[Ca+2].[H-].[H-]. The summed E-state index contributed by atoms with van der Waals surface area (Å²) >= 11 is 0. The quantitative estimate of drug-likeness (QED) is 0.0941. The van der Waals surface area contributed by atoms with E-state index in [0.717, 1.165) is 22.3 Å². The van der Waals surface area contributed by atoms with Crippen LogP contribution in [0.4, 0.5) is 4.79 Å². The molecule has 4 rings (SSSR count). The van der Waals surface area contributed by atoms with Gasteiger partial charge in [0.05, 0.1) is 18.8 Å². The number of phosphoric acid groups is 1. The van der Waals surface area contributed by atoms with Crippen LogP contribution in [0.15, 0.2) is 78.9 Å². The van der Waals surface area contributed by atoms with E-state index in [9.17, 15) is 23.8 Å². The Hall–Kier alpha value is -2.96. The molecular weight excluding hydrogens is 724 g/mol. The molecule has 53 heavy (non-hydrogen) atoms. The molecule has 0 spiro atoms. The second kappa shape index (κ2) is 21.8. The number of urea groups is 1. The fourth-order valence-electron chi connectivity index (χ4n) is 6.58. The van der Waals surface area contributed by atoms with Gasteiger partial charge >= 0.3 is 51.6 Å². The van der Waals surface area contributed by atoms with E-state index in [1.165, 1.54) is 0 Å². The molecule has 1 aliphatic heterocycles. The maximum absolute atomic E-state index is 14.1. The zero-order valence-corrected chi connectivity index (χ0v) is 34.6. The molecule has 0 radical (unpaired) electrons. The molecule has 286 valence electrons. The van der Waals surface area contributed by atoms with Crippen LogP contribution in [0, 0.1) is 19.8 Å². The Morgan fingerprint density at radius 2 is 1.55 bits per heavy atom. The molecule has 5 atom stereocenters. The first-order valence-electron chi connectivity index (χ1n) is 17.9. The summed E-state index contributed by atoms with van der Waals surface area (Å²) in [6, 6.07) is 22.1. The van der Waals surface area contributed by atoms with E-state index in [4.69, 9.17) is 13.8 Å². The standard InChI is InChI=1S/C39H53N4O8P.Ca.2H/c1-6-50-52(47,48)51-34(33(24-31-19-11-8-12-20-31)42-35(44)26-49-37-28(4)15-13-16-29(37)5)25-32(23-30-17-9-7-10-18-30)41-38(45)36(27(2)3)43-22-14-21-40-39(43)46;;;/h7-13,15-20,27,32-34,36H,6,14,21-26H2,1-5H3,(H,40,46)(H,41,45)(H,42,44)(H,47,48);;;/q;+2;2*-1/t32-,33+,34+,36+;;;/m1.../s1. The minimum absolute atomic E-state index is 0. The second-order valence-electron chi connectivity index (χ2n) is 13.5. The van der Waals surface area contributed by atoms with Crippen LogP contribution in [0.3, 0.4) is 0 Å². The molecule has 3 aromatic carbocycles. The van der Waals surface area contributed by atoms with E-state index in [1.54, 1.807) is 11.8 Å². The first-order chi connectivity index (χ1) is 24.9. The van der Waals surface area contributed by atoms with Gasteiger partial charge in [0, 0.05) is 19.1 Å². The molecule has 12 nitrogen and oxygen atoms in total. The molecule has 0 aliphatic carbocycles. The molecule has 0 aromatic heterocycles. The molecule has 1 fully saturated rings. The number of nitrogens with one attached hydrogen (secondary N) is 3. The summed E-state index contributed by atoms with van der Waals surface area (Å²) in [6.07, 6.45) is 0.196. The van der Waals surface area contributed by atoms with Crippen LogP contribution in [0.1, 0.15) is 58.7 Å². The number of nitrogens with zero attached hydrogens (tertiary/aromatic N) is 1. The van der Waals surface area contributed by atoms with Crippen molar-refractivity contribution in [2.24, 2.45) is 5.92 Å². The molecule has 1 unspecified atom stereocenters. The number of rotatable bonds is 19. The number of hydrogen-bond acceptors (Lipinski definition) is 7. The Labute approximate surface area is 346 Å². The van der Waals surface area contributed by atoms with Gasteiger partial charge in [0.1, 0.15) is 11.8 Å². The number of para-hydroxylation sites is 1. The molecule has 3 aromatic rings. The van der Waals surface area contributed by atoms with Crippen molar-refractivity contribution in [1.29, 1.82) is 0 Å². The first kappa shape index (κ1) is 44.4. The number of ether oxygens (including phenoxy) is 1. The van der Waals surface area contributed by atoms with Crippen molar-refractivity contribution in [3.63, 3.8) is 0 Å². The number of aryl methyl sites for hydroxylation is 2. The number of carbonyl (C=O) groups excluding carboxylic acids is 3. The fraction of sp³-hybridized carbons (Fsp3) is 0.462. The van der Waals surface area contributed by atoms with Crippen molar-refractivity contribution < 1.29 is 40.5 Å². The van der Waals surface area contributed by atoms with E-state index < -0.39 is 38.0 Å². The molecule has 1 saturated heterocycles. The average Bonchev–Trinajstić information content (AvgIpc) is 3.09. The Kier molecular flexibility index (Phi) is 18.3. The van der Waals surface area contributed by atoms with Gasteiger partial charge in [-0.15, -0.1) is 0 Å². The van der Waals surface area contributed by atoms with Crippen LogP contribution >= 0.6 is 7.82 Å². The Morgan fingerprint density at radius 3 is 2.11 bits per heavy atom. The van der Waals surface area contributed by atoms with E-state index in [0.29, 0.717) is 31.7 Å². The van der Waals surface area contributed by atoms with Crippen molar-refractivity contribution in [1.82, 2.24) is 20.9 Å². The summed E-state index contributed by atoms with van der Waals surface area (Å²) in [4.78, 5) is 53.0. The summed E-state index contributed by atoms with van der Waals surface area (Å²) in [5.41, 5.74) is 3.52. The van der Waals surface area contributed by atoms with Gasteiger partial charge in [0.2, 0.25) is 5.91 Å². The molecule has 0 saturated carbocycles. The van der Waals surface area contributed by atoms with Gasteiger partial charge in [-0.1, -0.05) is 92.7 Å². The third kappa shape index (κ3) is 14.0. The number of benzene rings is 3. The van der Waals surface area contributed by atoms with Crippen molar-refractivity contribution in [2.75, 3.05) is 26.3 Å². The smallest absolute Gasteiger partial charge is 1.00 e. The van der Waals surface area contributed by atoms with Gasteiger partial charge in [-0.05, 0) is 74.6 Å².